The minimum atomic E-state index is -3.35. The molecule has 0 aromatic carbocycles. The molecule has 1 unspecified atom stereocenters. The Morgan fingerprint density at radius 1 is 1.24 bits per heavy atom. The van der Waals surface area contributed by atoms with Crippen molar-refractivity contribution in [1.29, 1.82) is 5.26 Å². The van der Waals surface area contributed by atoms with Gasteiger partial charge in [0, 0.05) is 24.8 Å². The number of aromatic nitrogens is 1. The molecule has 2 aliphatic rings. The van der Waals surface area contributed by atoms with E-state index in [-0.39, 0.29) is 6.04 Å². The van der Waals surface area contributed by atoms with E-state index in [4.69, 9.17) is 0 Å². The van der Waals surface area contributed by atoms with E-state index in [9.17, 15) is 13.7 Å². The number of sulfonamides is 1. The van der Waals surface area contributed by atoms with E-state index >= 15 is 0 Å². The van der Waals surface area contributed by atoms with Crippen LogP contribution >= 0.6 is 0 Å². The van der Waals surface area contributed by atoms with Gasteiger partial charge in [-0.25, -0.2) is 18.1 Å². The van der Waals surface area contributed by atoms with Crippen molar-refractivity contribution < 1.29 is 8.42 Å². The summed E-state index contributed by atoms with van der Waals surface area (Å²) in [5.41, 5.74) is 2.28. The summed E-state index contributed by atoms with van der Waals surface area (Å²) in [5.74, 6) is 0.626. The smallest absolute Gasteiger partial charge is 0.216 e. The summed E-state index contributed by atoms with van der Waals surface area (Å²) in [5, 5.41) is 9.04. The van der Waals surface area contributed by atoms with Gasteiger partial charge in [0.2, 0.25) is 10.0 Å². The van der Waals surface area contributed by atoms with Gasteiger partial charge < -0.3 is 4.90 Å². The number of piperidine rings is 1. The molecule has 0 radical (unpaired) electrons. The molecule has 2 heterocycles. The molecule has 1 N–H and O–H groups in total. The number of aryl methyl sites for hydroxylation is 2. The van der Waals surface area contributed by atoms with Crippen molar-refractivity contribution in [3.63, 3.8) is 0 Å². The molecule has 136 valence electrons. The number of anilines is 1. The van der Waals surface area contributed by atoms with Crippen molar-refractivity contribution in [2.24, 2.45) is 0 Å². The average molecular weight is 362 g/mol. The predicted octanol–water partition coefficient (Wildman–Crippen LogP) is 2.40. The van der Waals surface area contributed by atoms with Crippen LogP contribution in [0.15, 0.2) is 6.07 Å². The second kappa shape index (κ2) is 7.30. The maximum absolute atomic E-state index is 12.8. The summed E-state index contributed by atoms with van der Waals surface area (Å²) in [6.07, 6.45) is 5.52. The highest BCUT2D eigenvalue weighted by molar-refractivity contribution is 7.90. The zero-order valence-electron chi connectivity index (χ0n) is 15.0. The molecule has 0 spiro atoms. The first-order chi connectivity index (χ1) is 11.9. The Bertz CT molecular complexity index is 779. The second-order valence-corrected chi connectivity index (χ2v) is 9.24. The number of rotatable bonds is 4. The van der Waals surface area contributed by atoms with E-state index in [1.54, 1.807) is 0 Å². The first kappa shape index (κ1) is 18.2. The number of nitrogens with one attached hydrogen (secondary N) is 1. The van der Waals surface area contributed by atoms with Crippen LogP contribution in [0, 0.1) is 25.2 Å². The van der Waals surface area contributed by atoms with Gasteiger partial charge in [0.1, 0.15) is 11.9 Å². The molecule has 1 aromatic rings. The lowest BCUT2D eigenvalue weighted by atomic mass is 10.1. The number of nitriles is 1. The van der Waals surface area contributed by atoms with Crippen LogP contribution in [0.3, 0.4) is 0 Å². The third-order valence-corrected chi connectivity index (χ3v) is 7.16. The van der Waals surface area contributed by atoms with Crippen LogP contribution in [-0.2, 0) is 10.0 Å². The Balaban J connectivity index is 1.81. The van der Waals surface area contributed by atoms with Gasteiger partial charge >= 0.3 is 0 Å². The highest BCUT2D eigenvalue weighted by Crippen LogP contribution is 2.27. The normalized spacial score (nSPS) is 22.1. The molecule has 7 heteroatoms. The molecular formula is C18H26N4O2S. The molecule has 0 amide bonds. The Morgan fingerprint density at radius 3 is 2.64 bits per heavy atom. The molecule has 2 fully saturated rings. The van der Waals surface area contributed by atoms with Crippen LogP contribution < -0.4 is 9.62 Å². The van der Waals surface area contributed by atoms with Crippen LogP contribution in [0.2, 0.25) is 0 Å². The van der Waals surface area contributed by atoms with E-state index in [1.807, 2.05) is 24.8 Å². The Hall–Kier alpha value is -1.65. The van der Waals surface area contributed by atoms with Crippen molar-refractivity contribution in [2.45, 2.75) is 63.7 Å². The van der Waals surface area contributed by atoms with E-state index in [0.29, 0.717) is 24.3 Å². The molecule has 1 aliphatic heterocycles. The highest BCUT2D eigenvalue weighted by Gasteiger charge is 2.34. The fourth-order valence-electron chi connectivity index (χ4n) is 3.94. The SMILES string of the molecule is Cc1cc(C)c(C#N)c(N2CCCC(S(=O)(=O)NC3CCCC3)C2)n1. The molecule has 1 atom stereocenters. The largest absolute Gasteiger partial charge is 0.354 e. The van der Waals surface area contributed by atoms with E-state index < -0.39 is 15.3 Å². The van der Waals surface area contributed by atoms with Gasteiger partial charge in [-0.1, -0.05) is 12.8 Å². The number of hydrogen-bond donors (Lipinski definition) is 1. The van der Waals surface area contributed by atoms with Crippen molar-refractivity contribution in [3.8, 4) is 6.07 Å². The van der Waals surface area contributed by atoms with Gasteiger partial charge in [0.15, 0.2) is 0 Å². The Morgan fingerprint density at radius 2 is 1.96 bits per heavy atom. The van der Waals surface area contributed by atoms with Crippen molar-refractivity contribution >= 4 is 15.8 Å². The summed E-state index contributed by atoms with van der Waals surface area (Å²) in [6, 6.07) is 4.21. The molecule has 25 heavy (non-hydrogen) atoms. The van der Waals surface area contributed by atoms with Crippen LogP contribution in [0.5, 0.6) is 0 Å². The van der Waals surface area contributed by atoms with Crippen LogP contribution in [-0.4, -0.2) is 37.8 Å². The number of pyridine rings is 1. The lowest BCUT2D eigenvalue weighted by molar-refractivity contribution is 0.505. The minimum Gasteiger partial charge on any atom is -0.354 e. The van der Waals surface area contributed by atoms with Crippen LogP contribution in [0.25, 0.3) is 0 Å². The summed E-state index contributed by atoms with van der Waals surface area (Å²) in [7, 11) is -3.35. The number of nitrogens with zero attached hydrogens (tertiary/aromatic N) is 3. The topological polar surface area (TPSA) is 86.1 Å². The molecule has 3 rings (SSSR count). The van der Waals surface area contributed by atoms with Crippen molar-refractivity contribution in [3.05, 3.63) is 22.9 Å². The fourth-order valence-corrected chi connectivity index (χ4v) is 5.69. The third-order valence-electron chi connectivity index (χ3n) is 5.24. The molecule has 1 saturated carbocycles. The summed E-state index contributed by atoms with van der Waals surface area (Å²) >= 11 is 0. The quantitative estimate of drug-likeness (QED) is 0.889. The molecule has 1 aromatic heterocycles. The van der Waals surface area contributed by atoms with Gasteiger partial charge in [-0.15, -0.1) is 0 Å². The average Bonchev–Trinajstić information content (AvgIpc) is 3.06. The summed E-state index contributed by atoms with van der Waals surface area (Å²) in [4.78, 5) is 6.51. The molecule has 0 bridgehead atoms. The van der Waals surface area contributed by atoms with Gasteiger partial charge in [0.25, 0.3) is 0 Å². The first-order valence-electron chi connectivity index (χ1n) is 9.05. The lowest BCUT2D eigenvalue weighted by Crippen LogP contribution is -2.48. The zero-order chi connectivity index (χ0) is 18.0. The van der Waals surface area contributed by atoms with Crippen molar-refractivity contribution in [2.75, 3.05) is 18.0 Å². The standard InChI is InChI=1S/C18H26N4O2S/c1-13-10-14(2)20-18(17(13)11-19)22-9-5-8-16(12-22)25(23,24)21-15-6-3-4-7-15/h10,15-16,21H,3-9,12H2,1-2H3. The van der Waals surface area contributed by atoms with E-state index in [0.717, 1.165) is 49.9 Å². The Kier molecular flexibility index (Phi) is 5.30. The highest BCUT2D eigenvalue weighted by atomic mass is 32.2. The second-order valence-electron chi connectivity index (χ2n) is 7.25. The van der Waals surface area contributed by atoms with E-state index in [2.05, 4.69) is 15.8 Å². The van der Waals surface area contributed by atoms with Gasteiger partial charge in [-0.3, -0.25) is 0 Å². The zero-order valence-corrected chi connectivity index (χ0v) is 15.8. The number of hydrogen-bond acceptors (Lipinski definition) is 5. The van der Waals surface area contributed by atoms with Crippen LogP contribution in [0.4, 0.5) is 5.82 Å². The molecule has 1 saturated heterocycles. The summed E-state index contributed by atoms with van der Waals surface area (Å²) in [6.45, 7) is 4.93. The maximum Gasteiger partial charge on any atom is 0.216 e. The third kappa shape index (κ3) is 3.96. The maximum atomic E-state index is 12.8. The lowest BCUT2D eigenvalue weighted by Gasteiger charge is -2.34. The predicted molar refractivity (Wildman–Crippen MR) is 98.0 cm³/mol. The minimum absolute atomic E-state index is 0.0920. The fraction of sp³-hybridized carbons (Fsp3) is 0.667. The Labute approximate surface area is 150 Å². The van der Waals surface area contributed by atoms with Gasteiger partial charge in [-0.05, 0) is 51.2 Å². The van der Waals surface area contributed by atoms with Crippen LogP contribution in [0.1, 0.15) is 55.3 Å². The van der Waals surface area contributed by atoms with Gasteiger partial charge in [-0.2, -0.15) is 5.26 Å². The molecule has 1 aliphatic carbocycles. The van der Waals surface area contributed by atoms with Crippen molar-refractivity contribution in [1.82, 2.24) is 9.71 Å². The summed E-state index contributed by atoms with van der Waals surface area (Å²) < 4.78 is 28.5. The first-order valence-corrected chi connectivity index (χ1v) is 10.6. The monoisotopic (exact) mass is 362 g/mol. The molecular weight excluding hydrogens is 336 g/mol. The van der Waals surface area contributed by atoms with Gasteiger partial charge in [0.05, 0.1) is 10.8 Å². The molecule has 6 nitrogen and oxygen atoms in total. The van der Waals surface area contributed by atoms with E-state index in [1.165, 1.54) is 0 Å².